The number of halogens is 2. The summed E-state index contributed by atoms with van der Waals surface area (Å²) < 4.78 is 4.96. The Bertz CT molecular complexity index is 481. The molecule has 0 heterocycles. The summed E-state index contributed by atoms with van der Waals surface area (Å²) >= 11 is 11.6. The maximum Gasteiger partial charge on any atom is 0.338 e. The van der Waals surface area contributed by atoms with Gasteiger partial charge in [0.15, 0.2) is 0 Å². The second-order valence-corrected chi connectivity index (χ2v) is 4.82. The molecule has 1 amide bonds. The summed E-state index contributed by atoms with van der Waals surface area (Å²) in [5.74, 6) is -0.724. The number of nitrogen functional groups attached to an aromatic ring is 1. The molecular weight excluding hydrogens is 291 g/mol. The van der Waals surface area contributed by atoms with Gasteiger partial charge in [0.2, 0.25) is 5.91 Å². The largest absolute Gasteiger partial charge is 0.462 e. The molecule has 5 nitrogen and oxygen atoms in total. The van der Waals surface area contributed by atoms with E-state index in [1.54, 1.807) is 14.1 Å². The van der Waals surface area contributed by atoms with Crippen LogP contribution in [0.1, 0.15) is 16.8 Å². The molecule has 0 aliphatic heterocycles. The van der Waals surface area contributed by atoms with E-state index < -0.39 is 5.97 Å². The summed E-state index contributed by atoms with van der Waals surface area (Å²) in [5, 5.41) is 0.374. The maximum absolute atomic E-state index is 11.7. The van der Waals surface area contributed by atoms with E-state index in [1.165, 1.54) is 17.0 Å². The highest BCUT2D eigenvalue weighted by atomic mass is 35.5. The minimum absolute atomic E-state index is 0.00397. The standard InChI is InChI=1S/C12H14Cl2N2O3/c1-16(2)10(17)3-4-19-12(18)7-5-8(13)11(14)9(15)6-7/h5-6H,3-4,15H2,1-2H3. The van der Waals surface area contributed by atoms with Crippen LogP contribution < -0.4 is 5.73 Å². The lowest BCUT2D eigenvalue weighted by Gasteiger charge is -2.10. The number of esters is 1. The van der Waals surface area contributed by atoms with Gasteiger partial charge >= 0.3 is 5.97 Å². The quantitative estimate of drug-likeness (QED) is 0.684. The average molecular weight is 305 g/mol. The number of ether oxygens (including phenoxy) is 1. The van der Waals surface area contributed by atoms with Crippen molar-refractivity contribution in [3.8, 4) is 0 Å². The molecule has 0 bridgehead atoms. The number of carbonyl (C=O) groups excluding carboxylic acids is 2. The number of carbonyl (C=O) groups is 2. The normalized spacial score (nSPS) is 10.1. The van der Waals surface area contributed by atoms with Crippen LogP contribution in [0.3, 0.4) is 0 Å². The van der Waals surface area contributed by atoms with Gasteiger partial charge in [-0.1, -0.05) is 23.2 Å². The van der Waals surface area contributed by atoms with Crippen molar-refractivity contribution >= 4 is 40.8 Å². The highest BCUT2D eigenvalue weighted by Crippen LogP contribution is 2.29. The number of hydrogen-bond donors (Lipinski definition) is 1. The molecule has 104 valence electrons. The Morgan fingerprint density at radius 3 is 2.47 bits per heavy atom. The number of nitrogens with two attached hydrogens (primary N) is 1. The maximum atomic E-state index is 11.7. The first-order valence-electron chi connectivity index (χ1n) is 5.44. The van der Waals surface area contributed by atoms with Crippen LogP contribution in [0.4, 0.5) is 5.69 Å². The van der Waals surface area contributed by atoms with Crippen LogP contribution >= 0.6 is 23.2 Å². The third kappa shape index (κ3) is 4.29. The van der Waals surface area contributed by atoms with Crippen molar-refractivity contribution in [1.29, 1.82) is 0 Å². The summed E-state index contributed by atoms with van der Waals surface area (Å²) in [6.07, 6.45) is 0.121. The van der Waals surface area contributed by atoms with Gasteiger partial charge in [-0.25, -0.2) is 4.79 Å². The van der Waals surface area contributed by atoms with Gasteiger partial charge in [-0.15, -0.1) is 0 Å². The lowest BCUT2D eigenvalue weighted by Crippen LogP contribution is -2.23. The monoisotopic (exact) mass is 304 g/mol. The Kier molecular flexibility index (Phi) is 5.44. The molecule has 19 heavy (non-hydrogen) atoms. The van der Waals surface area contributed by atoms with E-state index in [0.29, 0.717) is 0 Å². The van der Waals surface area contributed by atoms with E-state index in [1.807, 2.05) is 0 Å². The van der Waals surface area contributed by atoms with Crippen LogP contribution in [-0.2, 0) is 9.53 Å². The minimum Gasteiger partial charge on any atom is -0.462 e. The van der Waals surface area contributed by atoms with Crippen LogP contribution in [0.5, 0.6) is 0 Å². The summed E-state index contributed by atoms with van der Waals surface area (Å²) in [5.41, 5.74) is 5.99. The van der Waals surface area contributed by atoms with Gasteiger partial charge in [0.1, 0.15) is 6.61 Å². The number of rotatable bonds is 4. The predicted octanol–water partition coefficient (Wildman–Crippen LogP) is 2.21. The van der Waals surface area contributed by atoms with Crippen LogP contribution in [0, 0.1) is 0 Å². The third-order valence-corrected chi connectivity index (χ3v) is 3.16. The summed E-state index contributed by atoms with van der Waals surface area (Å²) in [6.45, 7) is -0.00397. The van der Waals surface area contributed by atoms with Crippen molar-refractivity contribution in [3.05, 3.63) is 27.7 Å². The first kappa shape index (κ1) is 15.6. The van der Waals surface area contributed by atoms with Crippen molar-refractivity contribution < 1.29 is 14.3 Å². The molecule has 1 aromatic carbocycles. The van der Waals surface area contributed by atoms with Crippen LogP contribution in [0.2, 0.25) is 10.0 Å². The van der Waals surface area contributed by atoms with Crippen LogP contribution in [-0.4, -0.2) is 37.5 Å². The highest BCUT2D eigenvalue weighted by molar-refractivity contribution is 6.43. The fraction of sp³-hybridized carbons (Fsp3) is 0.333. The molecular formula is C12H14Cl2N2O3. The zero-order chi connectivity index (χ0) is 14.6. The van der Waals surface area contributed by atoms with E-state index in [-0.39, 0.29) is 40.2 Å². The Morgan fingerprint density at radius 1 is 1.32 bits per heavy atom. The molecule has 0 atom stereocenters. The molecule has 1 rings (SSSR count). The Hall–Kier alpha value is -1.46. The van der Waals surface area contributed by atoms with Gasteiger partial charge in [-0.2, -0.15) is 0 Å². The fourth-order valence-electron chi connectivity index (χ4n) is 1.27. The first-order chi connectivity index (χ1) is 8.82. The van der Waals surface area contributed by atoms with E-state index in [2.05, 4.69) is 0 Å². The smallest absolute Gasteiger partial charge is 0.338 e. The molecule has 0 aliphatic rings. The predicted molar refractivity (Wildman–Crippen MR) is 74.5 cm³/mol. The lowest BCUT2D eigenvalue weighted by molar-refractivity contribution is -0.129. The highest BCUT2D eigenvalue weighted by Gasteiger charge is 2.13. The summed E-state index contributed by atoms with van der Waals surface area (Å²) in [7, 11) is 3.26. The average Bonchev–Trinajstić information content (AvgIpc) is 2.34. The van der Waals surface area contributed by atoms with Crippen molar-refractivity contribution in [2.45, 2.75) is 6.42 Å². The second-order valence-electron chi connectivity index (χ2n) is 4.04. The molecule has 0 aliphatic carbocycles. The van der Waals surface area contributed by atoms with Gasteiger partial charge in [-0.05, 0) is 12.1 Å². The van der Waals surface area contributed by atoms with Gasteiger partial charge < -0.3 is 15.4 Å². The zero-order valence-electron chi connectivity index (χ0n) is 10.6. The van der Waals surface area contributed by atoms with Crippen molar-refractivity contribution in [1.82, 2.24) is 4.90 Å². The van der Waals surface area contributed by atoms with E-state index in [4.69, 9.17) is 33.7 Å². The zero-order valence-corrected chi connectivity index (χ0v) is 12.1. The minimum atomic E-state index is -0.600. The molecule has 1 aromatic rings. The van der Waals surface area contributed by atoms with Gasteiger partial charge in [-0.3, -0.25) is 4.79 Å². The Morgan fingerprint density at radius 2 is 1.95 bits per heavy atom. The second kappa shape index (κ2) is 6.63. The molecule has 0 radical (unpaired) electrons. The molecule has 0 saturated heterocycles. The lowest BCUT2D eigenvalue weighted by atomic mass is 10.2. The summed E-state index contributed by atoms with van der Waals surface area (Å²) in [6, 6.07) is 2.75. The van der Waals surface area contributed by atoms with Gasteiger partial charge in [0.05, 0.1) is 27.7 Å². The number of benzene rings is 1. The molecule has 2 N–H and O–H groups in total. The van der Waals surface area contributed by atoms with E-state index >= 15 is 0 Å². The third-order valence-electron chi connectivity index (χ3n) is 2.34. The van der Waals surface area contributed by atoms with Crippen molar-refractivity contribution in [2.75, 3.05) is 26.4 Å². The summed E-state index contributed by atoms with van der Waals surface area (Å²) in [4.78, 5) is 24.4. The van der Waals surface area contributed by atoms with Crippen molar-refractivity contribution in [2.24, 2.45) is 0 Å². The van der Waals surface area contributed by atoms with Gasteiger partial charge in [0, 0.05) is 14.1 Å². The number of anilines is 1. The van der Waals surface area contributed by atoms with Crippen LogP contribution in [0.25, 0.3) is 0 Å². The van der Waals surface area contributed by atoms with Crippen LogP contribution in [0.15, 0.2) is 12.1 Å². The number of hydrogen-bond acceptors (Lipinski definition) is 4. The number of nitrogens with zero attached hydrogens (tertiary/aromatic N) is 1. The molecule has 0 aromatic heterocycles. The fourth-order valence-corrected chi connectivity index (χ4v) is 1.60. The SMILES string of the molecule is CN(C)C(=O)CCOC(=O)c1cc(N)c(Cl)c(Cl)c1. The first-order valence-corrected chi connectivity index (χ1v) is 6.20. The van der Waals surface area contributed by atoms with E-state index in [9.17, 15) is 9.59 Å². The van der Waals surface area contributed by atoms with Gasteiger partial charge in [0.25, 0.3) is 0 Å². The number of amides is 1. The Labute approximate surface area is 121 Å². The molecule has 0 fully saturated rings. The van der Waals surface area contributed by atoms with Crippen molar-refractivity contribution in [3.63, 3.8) is 0 Å². The molecule has 7 heteroatoms. The molecule has 0 spiro atoms. The van der Waals surface area contributed by atoms with E-state index in [0.717, 1.165) is 0 Å². The molecule has 0 saturated carbocycles. The topological polar surface area (TPSA) is 72.6 Å². The molecule has 0 unspecified atom stereocenters. The Balaban J connectivity index is 2.62.